The zero-order valence-corrected chi connectivity index (χ0v) is 22.1. The molecule has 0 atom stereocenters. The van der Waals surface area contributed by atoms with E-state index in [1.54, 1.807) is 23.4 Å². The first-order chi connectivity index (χ1) is 19.2. The first-order valence-electron chi connectivity index (χ1n) is 13.1. The molecule has 4 heterocycles. The summed E-state index contributed by atoms with van der Waals surface area (Å²) in [5.74, 6) is -0.921. The second kappa shape index (κ2) is 10.3. The summed E-state index contributed by atoms with van der Waals surface area (Å²) in [6.45, 7) is 1.37. The maximum Gasteiger partial charge on any atom is 0.281 e. The lowest BCUT2D eigenvalue weighted by Crippen LogP contribution is -2.64. The van der Waals surface area contributed by atoms with E-state index in [0.717, 1.165) is 30.3 Å². The predicted octanol–water partition coefficient (Wildman–Crippen LogP) is 4.70. The molecule has 0 unspecified atom stereocenters. The number of nitrogens with one attached hydrogen (secondary N) is 1. The third-order valence-electron chi connectivity index (χ3n) is 8.21. The fourth-order valence-electron chi connectivity index (χ4n) is 6.16. The molecule has 1 aliphatic carbocycles. The van der Waals surface area contributed by atoms with Gasteiger partial charge in [-0.05, 0) is 55.4 Å². The Morgan fingerprint density at radius 2 is 1.82 bits per heavy atom. The summed E-state index contributed by atoms with van der Waals surface area (Å²) in [5.41, 5.74) is 0.704. The Labute approximate surface area is 233 Å². The van der Waals surface area contributed by atoms with E-state index in [2.05, 4.69) is 20.3 Å². The average molecular weight is 571 g/mol. The molecule has 1 saturated carbocycles. The number of aromatic nitrogens is 3. The van der Waals surface area contributed by atoms with Crippen LogP contribution in [0.2, 0.25) is 5.02 Å². The Morgan fingerprint density at radius 3 is 2.52 bits per heavy atom. The number of pyridine rings is 1. The van der Waals surface area contributed by atoms with Crippen molar-refractivity contribution in [3.63, 3.8) is 0 Å². The molecular formula is C28H26ClF3N6O2. The summed E-state index contributed by atoms with van der Waals surface area (Å²) in [6, 6.07) is 5.55. The first-order valence-corrected chi connectivity index (χ1v) is 13.5. The highest BCUT2D eigenvalue weighted by molar-refractivity contribution is 6.30. The maximum atomic E-state index is 14.3. The van der Waals surface area contributed by atoms with Crippen molar-refractivity contribution < 1.29 is 22.8 Å². The Morgan fingerprint density at radius 1 is 1.10 bits per heavy atom. The van der Waals surface area contributed by atoms with Crippen molar-refractivity contribution >= 4 is 34.8 Å². The van der Waals surface area contributed by atoms with E-state index < -0.39 is 29.3 Å². The molecule has 6 rings (SSSR count). The van der Waals surface area contributed by atoms with Gasteiger partial charge in [-0.25, -0.2) is 23.1 Å². The number of nitrogens with zero attached hydrogens (tertiary/aromatic N) is 5. The molecular weight excluding hydrogens is 545 g/mol. The SMILES string of the molecule is O=C(N[C@H]1CC[C@H](CN2C(=O)C3(CN(c4cncnc4)C3)c3ccc(F)cc32)CC1)c1cc(Cl)cnc1C(F)F. The van der Waals surface area contributed by atoms with E-state index in [1.165, 1.54) is 24.5 Å². The van der Waals surface area contributed by atoms with E-state index in [1.807, 2.05) is 4.90 Å². The summed E-state index contributed by atoms with van der Waals surface area (Å²) in [5, 5.41) is 2.94. The fourth-order valence-corrected chi connectivity index (χ4v) is 6.32. The van der Waals surface area contributed by atoms with E-state index in [4.69, 9.17) is 11.6 Å². The molecule has 2 amide bonds. The van der Waals surface area contributed by atoms with Gasteiger partial charge in [-0.3, -0.25) is 14.6 Å². The highest BCUT2D eigenvalue weighted by atomic mass is 35.5. The van der Waals surface area contributed by atoms with Gasteiger partial charge in [-0.15, -0.1) is 0 Å². The van der Waals surface area contributed by atoms with Crippen LogP contribution in [0.4, 0.5) is 24.5 Å². The van der Waals surface area contributed by atoms with E-state index in [0.29, 0.717) is 38.2 Å². The van der Waals surface area contributed by atoms with Crippen LogP contribution >= 0.6 is 11.6 Å². The largest absolute Gasteiger partial charge is 0.366 e. The topological polar surface area (TPSA) is 91.3 Å². The van der Waals surface area contributed by atoms with Gasteiger partial charge in [0, 0.05) is 31.9 Å². The van der Waals surface area contributed by atoms with Crippen LogP contribution in [0.3, 0.4) is 0 Å². The fraction of sp³-hybridized carbons (Fsp3) is 0.393. The number of carbonyl (C=O) groups excluding carboxylic acids is 2. The predicted molar refractivity (Wildman–Crippen MR) is 142 cm³/mol. The lowest BCUT2D eigenvalue weighted by Gasteiger charge is -2.48. The van der Waals surface area contributed by atoms with Crippen molar-refractivity contribution in [2.24, 2.45) is 5.92 Å². The molecule has 1 N–H and O–H groups in total. The number of hydrogen-bond donors (Lipinski definition) is 1. The highest BCUT2D eigenvalue weighted by Gasteiger charge is 2.58. The van der Waals surface area contributed by atoms with Crippen molar-refractivity contribution in [3.8, 4) is 0 Å². The minimum Gasteiger partial charge on any atom is -0.366 e. The van der Waals surface area contributed by atoms with Crippen molar-refractivity contribution in [2.45, 2.75) is 43.6 Å². The normalized spacial score (nSPS) is 21.5. The summed E-state index contributed by atoms with van der Waals surface area (Å²) in [4.78, 5) is 42.1. The zero-order chi connectivity index (χ0) is 28.0. The van der Waals surface area contributed by atoms with Crippen LogP contribution in [0.15, 0.2) is 49.2 Å². The van der Waals surface area contributed by atoms with Crippen LogP contribution in [-0.2, 0) is 10.2 Å². The summed E-state index contributed by atoms with van der Waals surface area (Å²) in [7, 11) is 0. The van der Waals surface area contributed by atoms with E-state index in [-0.39, 0.29) is 28.5 Å². The van der Waals surface area contributed by atoms with Crippen molar-refractivity contribution in [3.05, 3.63) is 76.8 Å². The smallest absolute Gasteiger partial charge is 0.281 e. The van der Waals surface area contributed by atoms with Crippen molar-refractivity contribution in [1.29, 1.82) is 0 Å². The highest BCUT2D eigenvalue weighted by Crippen LogP contribution is 2.49. The number of halogens is 4. The second-order valence-electron chi connectivity index (χ2n) is 10.7. The van der Waals surface area contributed by atoms with Crippen molar-refractivity contribution in [2.75, 3.05) is 29.4 Å². The number of amides is 2. The van der Waals surface area contributed by atoms with E-state index >= 15 is 0 Å². The third kappa shape index (κ3) is 4.66. The van der Waals surface area contributed by atoms with Crippen LogP contribution in [0.5, 0.6) is 0 Å². The molecule has 2 fully saturated rings. The van der Waals surface area contributed by atoms with Gasteiger partial charge in [0.15, 0.2) is 0 Å². The summed E-state index contributed by atoms with van der Waals surface area (Å²) in [6.07, 6.45) is 5.74. The van der Waals surface area contributed by atoms with Crippen molar-refractivity contribution in [1.82, 2.24) is 20.3 Å². The molecule has 12 heteroatoms. The molecule has 2 aromatic heterocycles. The van der Waals surface area contributed by atoms with Gasteiger partial charge >= 0.3 is 0 Å². The first kappa shape index (κ1) is 26.5. The third-order valence-corrected chi connectivity index (χ3v) is 8.42. The number of carbonyl (C=O) groups is 2. The number of benzene rings is 1. The quantitative estimate of drug-likeness (QED) is 0.462. The molecule has 0 bridgehead atoms. The molecule has 3 aromatic rings. The Balaban J connectivity index is 1.11. The van der Waals surface area contributed by atoms with Gasteiger partial charge in [-0.2, -0.15) is 0 Å². The molecule has 1 spiro atoms. The number of alkyl halides is 2. The van der Waals surface area contributed by atoms with Crippen LogP contribution < -0.4 is 15.1 Å². The van der Waals surface area contributed by atoms with Gasteiger partial charge < -0.3 is 15.1 Å². The second-order valence-corrected chi connectivity index (χ2v) is 11.1. The van der Waals surface area contributed by atoms with Gasteiger partial charge in [0.25, 0.3) is 12.3 Å². The Kier molecular flexibility index (Phi) is 6.85. The number of hydrogen-bond acceptors (Lipinski definition) is 6. The number of fused-ring (bicyclic) bond motifs is 2. The molecule has 208 valence electrons. The van der Waals surface area contributed by atoms with Crippen LogP contribution in [-0.4, -0.2) is 52.4 Å². The lowest BCUT2D eigenvalue weighted by molar-refractivity contribution is -0.124. The summed E-state index contributed by atoms with van der Waals surface area (Å²) >= 11 is 5.89. The number of anilines is 2. The van der Waals surface area contributed by atoms with Crippen LogP contribution in [0, 0.1) is 11.7 Å². The molecule has 1 aromatic carbocycles. The van der Waals surface area contributed by atoms with E-state index in [9.17, 15) is 22.8 Å². The minimum atomic E-state index is -2.90. The molecule has 8 nitrogen and oxygen atoms in total. The van der Waals surface area contributed by atoms with Gasteiger partial charge in [-0.1, -0.05) is 17.7 Å². The van der Waals surface area contributed by atoms with Crippen LogP contribution in [0.1, 0.15) is 53.7 Å². The monoisotopic (exact) mass is 570 g/mol. The minimum absolute atomic E-state index is 0.0374. The number of rotatable bonds is 6. The van der Waals surface area contributed by atoms with Gasteiger partial charge in [0.05, 0.1) is 34.4 Å². The zero-order valence-electron chi connectivity index (χ0n) is 21.4. The lowest BCUT2D eigenvalue weighted by atomic mass is 9.74. The molecule has 2 aliphatic heterocycles. The Bertz CT molecular complexity index is 1450. The maximum absolute atomic E-state index is 14.3. The average Bonchev–Trinajstić information content (AvgIpc) is 3.16. The molecule has 40 heavy (non-hydrogen) atoms. The van der Waals surface area contributed by atoms with Gasteiger partial charge in [0.2, 0.25) is 5.91 Å². The molecule has 1 saturated heterocycles. The molecule has 3 aliphatic rings. The van der Waals surface area contributed by atoms with Crippen LogP contribution in [0.25, 0.3) is 0 Å². The Hall–Kier alpha value is -3.73. The molecule has 0 radical (unpaired) electrons. The van der Waals surface area contributed by atoms with Gasteiger partial charge in [0.1, 0.15) is 23.3 Å². The summed E-state index contributed by atoms with van der Waals surface area (Å²) < 4.78 is 41.0. The standard InChI is InChI=1S/C28H26ClF3N6O2/c29-17-7-21(24(25(31)32)35-9-17)26(39)36-19-4-1-16(2-5-19)12-38-23-8-18(30)3-6-22(23)28(27(38)40)13-37(14-28)20-10-33-15-34-11-20/h3,6-11,15-16,19,25H,1-2,4-5,12-14H2,(H,36,39)/t16-,19-.